The molecule has 122 valence electrons. The second kappa shape index (κ2) is 5.77. The summed E-state index contributed by atoms with van der Waals surface area (Å²) in [4.78, 5) is 41.0. The van der Waals surface area contributed by atoms with Crippen molar-refractivity contribution in [3.05, 3.63) is 68.5 Å². The predicted octanol–water partition coefficient (Wildman–Crippen LogP) is 1.19. The third-order valence-electron chi connectivity index (χ3n) is 3.87. The maximum Gasteiger partial charge on any atom is 0.332 e. The number of hydrogen-bond donors (Lipinski definition) is 1. The van der Waals surface area contributed by atoms with Crippen LogP contribution in [0.4, 0.5) is 5.69 Å². The fourth-order valence-electron chi connectivity index (χ4n) is 2.57. The molecule has 0 unspecified atom stereocenters. The van der Waals surface area contributed by atoms with E-state index in [1.807, 2.05) is 13.0 Å². The summed E-state index contributed by atoms with van der Waals surface area (Å²) >= 11 is 0. The van der Waals surface area contributed by atoms with Crippen molar-refractivity contribution in [1.29, 1.82) is 0 Å². The van der Waals surface area contributed by atoms with Crippen LogP contribution in [0.3, 0.4) is 0 Å². The number of carbonyl (C=O) groups is 1. The van der Waals surface area contributed by atoms with Crippen LogP contribution in [-0.4, -0.2) is 20.0 Å². The van der Waals surface area contributed by atoms with E-state index in [9.17, 15) is 14.4 Å². The van der Waals surface area contributed by atoms with Crippen LogP contribution in [-0.2, 0) is 14.1 Å². The van der Waals surface area contributed by atoms with Crippen LogP contribution in [0.2, 0.25) is 0 Å². The van der Waals surface area contributed by atoms with E-state index in [1.165, 1.54) is 24.9 Å². The molecule has 1 amide bonds. The number of amides is 1. The topological polar surface area (TPSA) is 86.0 Å². The molecule has 2 aromatic heterocycles. The largest absolute Gasteiger partial charge is 0.332 e. The first kappa shape index (κ1) is 15.7. The number of nitrogens with one attached hydrogen (secondary N) is 1. The molecule has 0 aliphatic rings. The van der Waals surface area contributed by atoms with Gasteiger partial charge in [0.15, 0.2) is 5.65 Å². The lowest BCUT2D eigenvalue weighted by molar-refractivity contribution is 0.102. The Bertz CT molecular complexity index is 1080. The minimum atomic E-state index is -0.499. The number of nitrogens with zero attached hydrogens (tertiary/aromatic N) is 3. The van der Waals surface area contributed by atoms with Crippen LogP contribution in [0, 0.1) is 6.92 Å². The Morgan fingerprint density at radius 3 is 2.58 bits per heavy atom. The van der Waals surface area contributed by atoms with E-state index in [-0.39, 0.29) is 16.9 Å². The molecule has 0 aliphatic heterocycles. The number of rotatable bonds is 2. The Kier molecular flexibility index (Phi) is 3.76. The summed E-state index contributed by atoms with van der Waals surface area (Å²) in [7, 11) is 2.92. The SMILES string of the molecule is Cc1cccc(C(=O)Nc2ccnc3c2c(=O)n(C)c(=O)n3C)c1. The number of aryl methyl sites for hydroxylation is 2. The lowest BCUT2D eigenvalue weighted by Gasteiger charge is -2.11. The van der Waals surface area contributed by atoms with E-state index in [0.717, 1.165) is 10.1 Å². The molecule has 0 saturated carbocycles. The Balaban J connectivity index is 2.16. The lowest BCUT2D eigenvalue weighted by Crippen LogP contribution is -2.37. The van der Waals surface area contributed by atoms with Crippen molar-refractivity contribution in [2.24, 2.45) is 14.1 Å². The highest BCUT2D eigenvalue weighted by molar-refractivity contribution is 6.08. The van der Waals surface area contributed by atoms with Gasteiger partial charge in [-0.15, -0.1) is 0 Å². The molecule has 0 bridgehead atoms. The minimum Gasteiger partial charge on any atom is -0.321 e. The van der Waals surface area contributed by atoms with Gasteiger partial charge < -0.3 is 5.32 Å². The summed E-state index contributed by atoms with van der Waals surface area (Å²) < 4.78 is 2.27. The van der Waals surface area contributed by atoms with Gasteiger partial charge in [0.05, 0.1) is 5.69 Å². The number of aromatic nitrogens is 3. The molecule has 0 radical (unpaired) electrons. The molecule has 7 nitrogen and oxygen atoms in total. The highest BCUT2D eigenvalue weighted by Gasteiger charge is 2.15. The number of carbonyl (C=O) groups excluding carboxylic acids is 1. The molecule has 0 spiro atoms. The Morgan fingerprint density at radius 2 is 1.88 bits per heavy atom. The average molecular weight is 324 g/mol. The fraction of sp³-hybridized carbons (Fsp3) is 0.176. The van der Waals surface area contributed by atoms with E-state index in [0.29, 0.717) is 11.3 Å². The highest BCUT2D eigenvalue weighted by atomic mass is 16.2. The zero-order chi connectivity index (χ0) is 17.4. The number of pyridine rings is 1. The van der Waals surface area contributed by atoms with Crippen molar-refractivity contribution in [2.75, 3.05) is 5.32 Å². The first-order chi connectivity index (χ1) is 11.4. The normalized spacial score (nSPS) is 10.8. The van der Waals surface area contributed by atoms with Gasteiger partial charge in [0.2, 0.25) is 0 Å². The molecule has 0 saturated heterocycles. The zero-order valence-electron chi connectivity index (χ0n) is 13.5. The second-order valence-corrected chi connectivity index (χ2v) is 5.59. The van der Waals surface area contributed by atoms with Crippen molar-refractivity contribution in [3.8, 4) is 0 Å². The van der Waals surface area contributed by atoms with E-state index in [1.54, 1.807) is 24.3 Å². The molecule has 1 N–H and O–H groups in total. The molecular weight excluding hydrogens is 308 g/mol. The maximum atomic E-state index is 12.5. The Morgan fingerprint density at radius 1 is 1.12 bits per heavy atom. The van der Waals surface area contributed by atoms with Gasteiger partial charge in [-0.25, -0.2) is 9.78 Å². The van der Waals surface area contributed by atoms with Crippen molar-refractivity contribution in [3.63, 3.8) is 0 Å². The van der Waals surface area contributed by atoms with E-state index < -0.39 is 11.2 Å². The Hall–Kier alpha value is -3.22. The van der Waals surface area contributed by atoms with Crippen LogP contribution in [0.1, 0.15) is 15.9 Å². The molecule has 3 aromatic rings. The zero-order valence-corrected chi connectivity index (χ0v) is 13.5. The van der Waals surface area contributed by atoms with Crippen molar-refractivity contribution >= 4 is 22.6 Å². The van der Waals surface area contributed by atoms with Gasteiger partial charge >= 0.3 is 5.69 Å². The van der Waals surface area contributed by atoms with Gasteiger partial charge in [-0.3, -0.25) is 18.7 Å². The van der Waals surface area contributed by atoms with Crippen molar-refractivity contribution < 1.29 is 4.79 Å². The van der Waals surface area contributed by atoms with Gasteiger partial charge in [0, 0.05) is 25.9 Å². The molecule has 0 atom stereocenters. The van der Waals surface area contributed by atoms with Crippen LogP contribution in [0.25, 0.3) is 11.0 Å². The van der Waals surface area contributed by atoms with Gasteiger partial charge in [0.1, 0.15) is 5.39 Å². The van der Waals surface area contributed by atoms with Crippen LogP contribution in [0.15, 0.2) is 46.1 Å². The van der Waals surface area contributed by atoms with Crippen LogP contribution >= 0.6 is 0 Å². The standard InChI is InChI=1S/C17H16N4O3/c1-10-5-4-6-11(9-10)15(22)19-12-7-8-18-14-13(12)16(23)21(3)17(24)20(14)2/h4-9H,1-3H3,(H,18,19,22). The first-order valence-electron chi connectivity index (χ1n) is 7.33. The van der Waals surface area contributed by atoms with Gasteiger partial charge in [0.25, 0.3) is 11.5 Å². The van der Waals surface area contributed by atoms with Crippen molar-refractivity contribution in [1.82, 2.24) is 14.1 Å². The molecule has 7 heteroatoms. The summed E-state index contributed by atoms with van der Waals surface area (Å²) in [6.45, 7) is 1.89. The smallest absolute Gasteiger partial charge is 0.321 e. The monoisotopic (exact) mass is 324 g/mol. The fourth-order valence-corrected chi connectivity index (χ4v) is 2.57. The Labute approximate surface area is 137 Å². The molecule has 0 aliphatic carbocycles. The van der Waals surface area contributed by atoms with E-state index in [4.69, 9.17) is 0 Å². The predicted molar refractivity (Wildman–Crippen MR) is 91.4 cm³/mol. The quantitative estimate of drug-likeness (QED) is 0.767. The molecule has 3 rings (SSSR count). The molecule has 24 heavy (non-hydrogen) atoms. The number of benzene rings is 1. The summed E-state index contributed by atoms with van der Waals surface area (Å²) in [5.74, 6) is -0.331. The van der Waals surface area contributed by atoms with Crippen LogP contribution in [0.5, 0.6) is 0 Å². The lowest BCUT2D eigenvalue weighted by atomic mass is 10.1. The summed E-state index contributed by atoms with van der Waals surface area (Å²) in [6.07, 6.45) is 1.45. The average Bonchev–Trinajstić information content (AvgIpc) is 2.58. The third kappa shape index (κ3) is 2.50. The number of anilines is 1. The van der Waals surface area contributed by atoms with E-state index in [2.05, 4.69) is 10.3 Å². The second-order valence-electron chi connectivity index (χ2n) is 5.59. The highest BCUT2D eigenvalue weighted by Crippen LogP contribution is 2.17. The van der Waals surface area contributed by atoms with Crippen LogP contribution < -0.4 is 16.6 Å². The van der Waals surface area contributed by atoms with E-state index >= 15 is 0 Å². The first-order valence-corrected chi connectivity index (χ1v) is 7.33. The molecule has 1 aromatic carbocycles. The molecule has 2 heterocycles. The summed E-state index contributed by atoms with van der Waals surface area (Å²) in [6, 6.07) is 8.68. The summed E-state index contributed by atoms with van der Waals surface area (Å²) in [5.41, 5.74) is 1.03. The van der Waals surface area contributed by atoms with Crippen molar-refractivity contribution in [2.45, 2.75) is 6.92 Å². The van der Waals surface area contributed by atoms with Gasteiger partial charge in [-0.05, 0) is 25.1 Å². The van der Waals surface area contributed by atoms with Gasteiger partial charge in [-0.1, -0.05) is 17.7 Å². The van der Waals surface area contributed by atoms with Gasteiger partial charge in [-0.2, -0.15) is 0 Å². The maximum absolute atomic E-state index is 12.5. The summed E-state index contributed by atoms with van der Waals surface area (Å²) in [5, 5.41) is 2.93. The third-order valence-corrected chi connectivity index (χ3v) is 3.87. The minimum absolute atomic E-state index is 0.197. The molecule has 0 fully saturated rings. The number of fused-ring (bicyclic) bond motifs is 1. The molecular formula is C17H16N4O3. The number of hydrogen-bond acceptors (Lipinski definition) is 4.